The van der Waals surface area contributed by atoms with Crippen molar-refractivity contribution in [3.05, 3.63) is 21.6 Å². The summed E-state index contributed by atoms with van der Waals surface area (Å²) in [5.74, 6) is -0.666. The lowest BCUT2D eigenvalue weighted by molar-refractivity contribution is 0.652. The van der Waals surface area contributed by atoms with Crippen LogP contribution in [-0.4, -0.2) is 6.21 Å². The third-order valence-electron chi connectivity index (χ3n) is 1.52. The summed E-state index contributed by atoms with van der Waals surface area (Å²) in [5, 5.41) is -0.154. The lowest BCUT2D eigenvalue weighted by Gasteiger charge is -2.00. The van der Waals surface area contributed by atoms with Gasteiger partial charge in [0.25, 0.3) is 0 Å². The second-order valence-electron chi connectivity index (χ2n) is 2.44. The first-order valence-electron chi connectivity index (χ1n) is 3.94. The number of halogens is 3. The van der Waals surface area contributed by atoms with Gasteiger partial charge in [0, 0.05) is 6.21 Å². The van der Waals surface area contributed by atoms with Gasteiger partial charge in [-0.1, -0.05) is 35.7 Å². The molecule has 0 bridgehead atoms. The maximum atomic E-state index is 13.3. The van der Waals surface area contributed by atoms with Gasteiger partial charge in [-0.2, -0.15) is 0 Å². The van der Waals surface area contributed by atoms with E-state index in [-0.39, 0.29) is 10.2 Å². The van der Waals surface area contributed by atoms with Gasteiger partial charge >= 0.3 is 0 Å². The van der Waals surface area contributed by atoms with Crippen molar-refractivity contribution >= 4 is 29.4 Å². The first kappa shape index (κ1) is 12.7. The molecule has 1 nitrogen and oxygen atoms in total. The molecular formula is C9H12Cl2FN. The topological polar surface area (TPSA) is 12.4 Å². The fourth-order valence-electron chi connectivity index (χ4n) is 0.603. The summed E-state index contributed by atoms with van der Waals surface area (Å²) in [4.78, 5) is 3.59. The van der Waals surface area contributed by atoms with Gasteiger partial charge < -0.3 is 0 Å². The van der Waals surface area contributed by atoms with Crippen molar-refractivity contribution in [2.75, 3.05) is 0 Å². The molecule has 0 amide bonds. The molecular weight excluding hydrogens is 212 g/mol. The Balaban J connectivity index is 4.98. The normalized spacial score (nSPS) is 15.8. The van der Waals surface area contributed by atoms with Crippen LogP contribution in [0.3, 0.4) is 0 Å². The highest BCUT2D eigenvalue weighted by Crippen LogP contribution is 2.27. The molecule has 0 aromatic rings. The highest BCUT2D eigenvalue weighted by atomic mass is 35.5. The third kappa shape index (κ3) is 3.92. The molecule has 0 heterocycles. The number of nitrogens with zero attached hydrogens (tertiary/aromatic N) is 1. The van der Waals surface area contributed by atoms with Crippen molar-refractivity contribution in [1.82, 2.24) is 0 Å². The minimum Gasteiger partial charge on any atom is -0.246 e. The van der Waals surface area contributed by atoms with Gasteiger partial charge in [-0.05, 0) is 20.3 Å². The lowest BCUT2D eigenvalue weighted by atomic mass is 10.2. The number of hydrogen-bond acceptors (Lipinski definition) is 1. The zero-order valence-corrected chi connectivity index (χ0v) is 9.38. The van der Waals surface area contributed by atoms with Crippen molar-refractivity contribution < 1.29 is 4.39 Å². The summed E-state index contributed by atoms with van der Waals surface area (Å²) in [6.45, 7) is 5.30. The minimum absolute atomic E-state index is 0.0538. The standard InChI is InChI=1S/C9H12Cl2FN/c1-4-6(3)7(10)8(12)9(11)13-5-2/h5H,4H2,1-3H3. The van der Waals surface area contributed by atoms with Crippen LogP contribution in [0.25, 0.3) is 0 Å². The van der Waals surface area contributed by atoms with E-state index in [0.717, 1.165) is 5.57 Å². The van der Waals surface area contributed by atoms with Gasteiger partial charge in [0.05, 0.1) is 5.03 Å². The second-order valence-corrected chi connectivity index (χ2v) is 3.18. The van der Waals surface area contributed by atoms with Crippen LogP contribution >= 0.6 is 23.2 Å². The van der Waals surface area contributed by atoms with E-state index >= 15 is 0 Å². The molecule has 0 spiro atoms. The number of allylic oxidation sites excluding steroid dienone is 3. The van der Waals surface area contributed by atoms with E-state index in [1.165, 1.54) is 6.21 Å². The zero-order valence-electron chi connectivity index (χ0n) is 7.87. The maximum Gasteiger partial charge on any atom is 0.178 e. The Labute approximate surface area is 87.9 Å². The SMILES string of the molecule is CC=NC(Cl)=C(F)C(Cl)=C(C)CC. The van der Waals surface area contributed by atoms with E-state index in [2.05, 4.69) is 4.99 Å². The molecule has 74 valence electrons. The van der Waals surface area contributed by atoms with E-state index in [1.54, 1.807) is 13.8 Å². The predicted molar refractivity (Wildman–Crippen MR) is 57.0 cm³/mol. The molecule has 0 saturated heterocycles. The smallest absolute Gasteiger partial charge is 0.178 e. The molecule has 0 rings (SSSR count). The van der Waals surface area contributed by atoms with E-state index in [9.17, 15) is 4.39 Å². The van der Waals surface area contributed by atoms with Crippen LogP contribution in [0.2, 0.25) is 0 Å². The number of aliphatic imine (C=N–C) groups is 1. The van der Waals surface area contributed by atoms with Crippen LogP contribution in [0, 0.1) is 0 Å². The van der Waals surface area contributed by atoms with E-state index < -0.39 is 5.83 Å². The Bertz CT molecular complexity index is 267. The highest BCUT2D eigenvalue weighted by molar-refractivity contribution is 6.35. The van der Waals surface area contributed by atoms with Crippen molar-refractivity contribution in [3.8, 4) is 0 Å². The van der Waals surface area contributed by atoms with Crippen molar-refractivity contribution in [2.24, 2.45) is 4.99 Å². The Morgan fingerprint density at radius 2 is 2.00 bits per heavy atom. The summed E-state index contributed by atoms with van der Waals surface area (Å²) in [7, 11) is 0. The average molecular weight is 224 g/mol. The molecule has 0 aromatic heterocycles. The Hall–Kier alpha value is -0.340. The summed E-state index contributed by atoms with van der Waals surface area (Å²) in [6, 6.07) is 0. The van der Waals surface area contributed by atoms with Gasteiger partial charge in [0.2, 0.25) is 0 Å². The first-order chi connectivity index (χ1) is 6.04. The van der Waals surface area contributed by atoms with Crippen LogP contribution < -0.4 is 0 Å². The summed E-state index contributed by atoms with van der Waals surface area (Å²) in [6.07, 6.45) is 2.10. The van der Waals surface area contributed by atoms with Gasteiger partial charge in [0.15, 0.2) is 11.0 Å². The van der Waals surface area contributed by atoms with E-state index in [0.29, 0.717) is 6.42 Å². The average Bonchev–Trinajstić information content (AvgIpc) is 2.14. The third-order valence-corrected chi connectivity index (χ3v) is 2.27. The zero-order chi connectivity index (χ0) is 10.4. The molecule has 0 atom stereocenters. The van der Waals surface area contributed by atoms with Crippen LogP contribution in [0.4, 0.5) is 4.39 Å². The largest absolute Gasteiger partial charge is 0.246 e. The molecule has 0 fully saturated rings. The molecule has 0 unspecified atom stereocenters. The van der Waals surface area contributed by atoms with Gasteiger partial charge in [0.1, 0.15) is 0 Å². The van der Waals surface area contributed by atoms with Crippen LogP contribution in [-0.2, 0) is 0 Å². The first-order valence-corrected chi connectivity index (χ1v) is 4.69. The Morgan fingerprint density at radius 3 is 2.38 bits per heavy atom. The molecule has 4 heteroatoms. The van der Waals surface area contributed by atoms with Crippen molar-refractivity contribution in [2.45, 2.75) is 27.2 Å². The molecule has 0 radical (unpaired) electrons. The van der Waals surface area contributed by atoms with E-state index in [1.807, 2.05) is 6.92 Å². The minimum atomic E-state index is -0.666. The second kappa shape index (κ2) is 6.17. The fourth-order valence-corrected chi connectivity index (χ4v) is 1.07. The molecule has 13 heavy (non-hydrogen) atoms. The van der Waals surface area contributed by atoms with Crippen LogP contribution in [0.5, 0.6) is 0 Å². The Kier molecular flexibility index (Phi) is 6.00. The maximum absolute atomic E-state index is 13.3. The molecule has 0 aliphatic heterocycles. The molecule has 0 aliphatic carbocycles. The van der Waals surface area contributed by atoms with Crippen LogP contribution in [0.15, 0.2) is 26.6 Å². The quantitative estimate of drug-likeness (QED) is 0.383. The molecule has 0 aliphatic rings. The number of rotatable bonds is 3. The molecule has 0 saturated carbocycles. The van der Waals surface area contributed by atoms with Crippen molar-refractivity contribution in [3.63, 3.8) is 0 Å². The van der Waals surface area contributed by atoms with Gasteiger partial charge in [-0.25, -0.2) is 9.38 Å². The summed E-state index contributed by atoms with van der Waals surface area (Å²) < 4.78 is 13.3. The summed E-state index contributed by atoms with van der Waals surface area (Å²) in [5.41, 5.74) is 0.753. The summed E-state index contributed by atoms with van der Waals surface area (Å²) >= 11 is 11.2. The van der Waals surface area contributed by atoms with E-state index in [4.69, 9.17) is 23.2 Å². The van der Waals surface area contributed by atoms with Crippen LogP contribution in [0.1, 0.15) is 27.2 Å². The van der Waals surface area contributed by atoms with Crippen molar-refractivity contribution in [1.29, 1.82) is 0 Å². The predicted octanol–water partition coefficient (Wildman–Crippen LogP) is 4.38. The molecule has 0 N–H and O–H groups in total. The van der Waals surface area contributed by atoms with Gasteiger partial charge in [-0.15, -0.1) is 0 Å². The lowest BCUT2D eigenvalue weighted by Crippen LogP contribution is -1.84. The highest BCUT2D eigenvalue weighted by Gasteiger charge is 2.09. The monoisotopic (exact) mass is 223 g/mol. The van der Waals surface area contributed by atoms with Gasteiger partial charge in [-0.3, -0.25) is 0 Å². The fraction of sp³-hybridized carbons (Fsp3) is 0.444. The number of hydrogen-bond donors (Lipinski definition) is 0. The Morgan fingerprint density at radius 1 is 1.46 bits per heavy atom. The molecule has 0 aromatic carbocycles.